The molecule has 0 aromatic heterocycles. The summed E-state index contributed by atoms with van der Waals surface area (Å²) in [7, 11) is -3.12. The largest absolute Gasteiger partial charge is 0.381 e. The summed E-state index contributed by atoms with van der Waals surface area (Å²) >= 11 is 0. The quantitative estimate of drug-likeness (QED) is 0.822. The Morgan fingerprint density at radius 3 is 2.55 bits per heavy atom. The predicted octanol–water partition coefficient (Wildman–Crippen LogP) is 0.959. The van der Waals surface area contributed by atoms with E-state index >= 15 is 0 Å². The minimum absolute atomic E-state index is 0.216. The van der Waals surface area contributed by atoms with Crippen LogP contribution in [0.15, 0.2) is 0 Å². The molecule has 5 nitrogen and oxygen atoms in total. The van der Waals surface area contributed by atoms with Crippen LogP contribution in [0.4, 0.5) is 0 Å². The second kappa shape index (κ2) is 6.30. The summed E-state index contributed by atoms with van der Waals surface area (Å²) in [5, 5.41) is 3.32. The van der Waals surface area contributed by atoms with Crippen molar-refractivity contribution in [3.05, 3.63) is 0 Å². The van der Waals surface area contributed by atoms with Crippen molar-refractivity contribution < 1.29 is 13.2 Å². The lowest BCUT2D eigenvalue weighted by Crippen LogP contribution is -2.47. The zero-order chi connectivity index (χ0) is 14.0. The summed E-state index contributed by atoms with van der Waals surface area (Å²) in [5.74, 6) is 0.485. The maximum Gasteiger partial charge on any atom is 0.217 e. The summed E-state index contributed by atoms with van der Waals surface area (Å²) in [6.07, 6.45) is 6.04. The maximum atomic E-state index is 12.7. The van der Waals surface area contributed by atoms with E-state index < -0.39 is 10.0 Å². The molecular formula is C14H26N2O3S. The molecule has 1 saturated carbocycles. The zero-order valence-corrected chi connectivity index (χ0v) is 12.9. The molecule has 3 fully saturated rings. The number of hydrogen-bond acceptors (Lipinski definition) is 4. The molecule has 1 atom stereocenters. The highest BCUT2D eigenvalue weighted by atomic mass is 32.2. The van der Waals surface area contributed by atoms with Crippen molar-refractivity contribution in [2.75, 3.05) is 32.8 Å². The number of piperidine rings is 1. The molecule has 1 N–H and O–H groups in total. The SMILES string of the molecule is O=S(=O)(C1CCOCC1)N1CCCC(CNC2CC2)C1. The van der Waals surface area contributed by atoms with E-state index in [4.69, 9.17) is 4.74 Å². The van der Waals surface area contributed by atoms with Gasteiger partial charge in [0.05, 0.1) is 5.25 Å². The fraction of sp³-hybridized carbons (Fsp3) is 1.00. The number of hydrogen-bond donors (Lipinski definition) is 1. The molecule has 0 spiro atoms. The van der Waals surface area contributed by atoms with Gasteiger partial charge in [0.2, 0.25) is 10.0 Å². The van der Waals surface area contributed by atoms with E-state index in [1.54, 1.807) is 4.31 Å². The Balaban J connectivity index is 1.56. The molecule has 0 amide bonds. The van der Waals surface area contributed by atoms with Gasteiger partial charge in [-0.15, -0.1) is 0 Å². The standard InChI is InChI=1S/C14H26N2O3S/c17-20(18,14-5-8-19-9-6-14)16-7-1-2-12(11-16)10-15-13-3-4-13/h12-15H,1-11H2. The van der Waals surface area contributed by atoms with Gasteiger partial charge in [-0.3, -0.25) is 0 Å². The van der Waals surface area contributed by atoms with Crippen molar-refractivity contribution in [1.29, 1.82) is 0 Å². The summed E-state index contributed by atoms with van der Waals surface area (Å²) < 4.78 is 32.4. The van der Waals surface area contributed by atoms with Crippen LogP contribution in [0.25, 0.3) is 0 Å². The van der Waals surface area contributed by atoms with Gasteiger partial charge in [-0.05, 0) is 51.0 Å². The van der Waals surface area contributed by atoms with E-state index in [1.165, 1.54) is 12.8 Å². The van der Waals surface area contributed by atoms with E-state index in [2.05, 4.69) is 5.32 Å². The highest BCUT2D eigenvalue weighted by Gasteiger charge is 2.36. The molecule has 0 bridgehead atoms. The van der Waals surface area contributed by atoms with E-state index in [-0.39, 0.29) is 5.25 Å². The Kier molecular flexibility index (Phi) is 4.65. The van der Waals surface area contributed by atoms with Gasteiger partial charge in [-0.2, -0.15) is 0 Å². The molecular weight excluding hydrogens is 276 g/mol. The molecule has 0 aromatic carbocycles. The minimum atomic E-state index is -3.12. The van der Waals surface area contributed by atoms with Gasteiger partial charge in [0.1, 0.15) is 0 Å². The predicted molar refractivity (Wildman–Crippen MR) is 78.1 cm³/mol. The lowest BCUT2D eigenvalue weighted by molar-refractivity contribution is 0.0966. The van der Waals surface area contributed by atoms with Crippen LogP contribution in [0.3, 0.4) is 0 Å². The van der Waals surface area contributed by atoms with Crippen LogP contribution in [-0.4, -0.2) is 56.9 Å². The van der Waals surface area contributed by atoms with Crippen LogP contribution in [0.1, 0.15) is 38.5 Å². The fourth-order valence-corrected chi connectivity index (χ4v) is 5.24. The van der Waals surface area contributed by atoms with Gasteiger partial charge >= 0.3 is 0 Å². The van der Waals surface area contributed by atoms with Crippen molar-refractivity contribution in [1.82, 2.24) is 9.62 Å². The highest BCUT2D eigenvalue weighted by molar-refractivity contribution is 7.89. The Bertz CT molecular complexity index is 416. The van der Waals surface area contributed by atoms with Crippen LogP contribution in [-0.2, 0) is 14.8 Å². The second-order valence-electron chi connectivity index (χ2n) is 6.41. The second-order valence-corrected chi connectivity index (χ2v) is 8.62. The maximum absolute atomic E-state index is 12.7. The first kappa shape index (κ1) is 14.8. The van der Waals surface area contributed by atoms with Crippen LogP contribution in [0.2, 0.25) is 0 Å². The molecule has 6 heteroatoms. The summed E-state index contributed by atoms with van der Waals surface area (Å²) in [6.45, 7) is 3.57. The highest BCUT2D eigenvalue weighted by Crippen LogP contribution is 2.26. The van der Waals surface area contributed by atoms with E-state index in [0.29, 0.717) is 51.1 Å². The monoisotopic (exact) mass is 302 g/mol. The third-order valence-corrected chi connectivity index (χ3v) is 7.07. The number of nitrogens with one attached hydrogen (secondary N) is 1. The minimum Gasteiger partial charge on any atom is -0.381 e. The molecule has 1 aliphatic carbocycles. The first-order chi connectivity index (χ1) is 9.66. The van der Waals surface area contributed by atoms with Gasteiger partial charge in [-0.25, -0.2) is 12.7 Å². The lowest BCUT2D eigenvalue weighted by Gasteiger charge is -2.35. The Morgan fingerprint density at radius 1 is 1.10 bits per heavy atom. The molecule has 0 radical (unpaired) electrons. The van der Waals surface area contributed by atoms with Gasteiger partial charge in [0.25, 0.3) is 0 Å². The summed E-state index contributed by atoms with van der Waals surface area (Å²) in [5.41, 5.74) is 0. The molecule has 2 heterocycles. The summed E-state index contributed by atoms with van der Waals surface area (Å²) in [6, 6.07) is 0.706. The van der Waals surface area contributed by atoms with Gasteiger partial charge in [-0.1, -0.05) is 0 Å². The van der Waals surface area contributed by atoms with E-state index in [1.807, 2.05) is 0 Å². The number of sulfonamides is 1. The van der Waals surface area contributed by atoms with Crippen molar-refractivity contribution in [2.24, 2.45) is 5.92 Å². The van der Waals surface area contributed by atoms with E-state index in [9.17, 15) is 8.42 Å². The number of ether oxygens (including phenoxy) is 1. The zero-order valence-electron chi connectivity index (χ0n) is 12.1. The van der Waals surface area contributed by atoms with Crippen molar-refractivity contribution in [3.8, 4) is 0 Å². The van der Waals surface area contributed by atoms with Crippen LogP contribution < -0.4 is 5.32 Å². The average molecular weight is 302 g/mol. The third kappa shape index (κ3) is 3.53. The smallest absolute Gasteiger partial charge is 0.217 e. The van der Waals surface area contributed by atoms with E-state index in [0.717, 1.165) is 19.4 Å². The first-order valence-corrected chi connectivity index (χ1v) is 9.46. The fourth-order valence-electron chi connectivity index (χ4n) is 3.23. The molecule has 116 valence electrons. The number of nitrogens with zero attached hydrogens (tertiary/aromatic N) is 1. The molecule has 2 aliphatic heterocycles. The van der Waals surface area contributed by atoms with Gasteiger partial charge in [0, 0.05) is 32.3 Å². The normalized spacial score (nSPS) is 30.5. The van der Waals surface area contributed by atoms with Crippen molar-refractivity contribution in [3.63, 3.8) is 0 Å². The average Bonchev–Trinajstić information content (AvgIpc) is 3.31. The molecule has 3 aliphatic rings. The molecule has 0 aromatic rings. The Morgan fingerprint density at radius 2 is 1.85 bits per heavy atom. The molecule has 20 heavy (non-hydrogen) atoms. The lowest BCUT2D eigenvalue weighted by atomic mass is 10.00. The third-order valence-electron chi connectivity index (χ3n) is 4.70. The molecule has 3 rings (SSSR count). The van der Waals surface area contributed by atoms with Crippen molar-refractivity contribution >= 4 is 10.0 Å². The van der Waals surface area contributed by atoms with Gasteiger partial charge < -0.3 is 10.1 Å². The first-order valence-electron chi connectivity index (χ1n) is 7.96. The number of rotatable bonds is 5. The van der Waals surface area contributed by atoms with Gasteiger partial charge in [0.15, 0.2) is 0 Å². The Hall–Kier alpha value is -0.170. The topological polar surface area (TPSA) is 58.6 Å². The molecule has 2 saturated heterocycles. The summed E-state index contributed by atoms with van der Waals surface area (Å²) in [4.78, 5) is 0. The van der Waals surface area contributed by atoms with Crippen LogP contribution in [0, 0.1) is 5.92 Å². The van der Waals surface area contributed by atoms with Crippen molar-refractivity contribution in [2.45, 2.75) is 49.8 Å². The van der Waals surface area contributed by atoms with Crippen LogP contribution in [0.5, 0.6) is 0 Å². The Labute approximate surface area is 122 Å². The van der Waals surface area contributed by atoms with Crippen LogP contribution >= 0.6 is 0 Å². The molecule has 1 unspecified atom stereocenters.